The fourth-order valence-corrected chi connectivity index (χ4v) is 3.09. The molecule has 0 atom stereocenters. The fraction of sp³-hybridized carbons (Fsp3) is 0.632. The highest BCUT2D eigenvalue weighted by atomic mass is 16.5. The summed E-state index contributed by atoms with van der Waals surface area (Å²) in [4.78, 5) is 4.58. The van der Waals surface area contributed by atoms with Crippen LogP contribution >= 0.6 is 0 Å². The lowest BCUT2D eigenvalue weighted by molar-refractivity contribution is 0.367. The van der Waals surface area contributed by atoms with Gasteiger partial charge in [-0.25, -0.2) is 0 Å². The third-order valence-electron chi connectivity index (χ3n) is 4.48. The van der Waals surface area contributed by atoms with Crippen LogP contribution in [0.1, 0.15) is 64.0 Å². The van der Waals surface area contributed by atoms with Crippen molar-refractivity contribution < 1.29 is 9.84 Å². The average Bonchev–Trinajstić information content (AvgIpc) is 2.49. The molecule has 0 aromatic heterocycles. The number of benzene rings is 1. The van der Waals surface area contributed by atoms with Crippen molar-refractivity contribution in [1.82, 2.24) is 0 Å². The lowest BCUT2D eigenvalue weighted by Gasteiger charge is -2.22. The van der Waals surface area contributed by atoms with Crippen molar-refractivity contribution in [2.24, 2.45) is 10.9 Å². The second-order valence-electron chi connectivity index (χ2n) is 7.36. The van der Waals surface area contributed by atoms with Crippen LogP contribution in [0.2, 0.25) is 0 Å². The van der Waals surface area contributed by atoms with E-state index in [1.54, 1.807) is 7.11 Å². The van der Waals surface area contributed by atoms with Crippen LogP contribution in [-0.4, -0.2) is 25.0 Å². The van der Waals surface area contributed by atoms with Crippen molar-refractivity contribution in [3.05, 3.63) is 23.3 Å². The van der Waals surface area contributed by atoms with Crippen molar-refractivity contribution in [1.29, 1.82) is 0 Å². The summed E-state index contributed by atoms with van der Waals surface area (Å²) in [5.41, 5.74) is 1.51. The van der Waals surface area contributed by atoms with E-state index in [1.165, 1.54) is 32.1 Å². The molecule has 1 saturated carbocycles. The number of aromatic hydroxyl groups is 1. The van der Waals surface area contributed by atoms with Crippen molar-refractivity contribution >= 4 is 6.21 Å². The highest BCUT2D eigenvalue weighted by Crippen LogP contribution is 2.36. The number of nitrogens with zero attached hydrogens (tertiary/aromatic N) is 1. The van der Waals surface area contributed by atoms with E-state index < -0.39 is 0 Å². The molecule has 3 nitrogen and oxygen atoms in total. The Labute approximate surface area is 134 Å². The molecule has 1 aliphatic rings. The minimum atomic E-state index is -0.134. The van der Waals surface area contributed by atoms with Gasteiger partial charge in [0.05, 0.1) is 7.11 Å². The van der Waals surface area contributed by atoms with Crippen LogP contribution < -0.4 is 4.74 Å². The molecular weight excluding hydrogens is 274 g/mol. The molecule has 1 aromatic rings. The van der Waals surface area contributed by atoms with Gasteiger partial charge in [-0.15, -0.1) is 0 Å². The highest BCUT2D eigenvalue weighted by Gasteiger charge is 2.21. The van der Waals surface area contributed by atoms with Gasteiger partial charge in [0.2, 0.25) is 0 Å². The first-order chi connectivity index (χ1) is 10.4. The molecule has 0 amide bonds. The Morgan fingerprint density at radius 3 is 2.50 bits per heavy atom. The van der Waals surface area contributed by atoms with Crippen molar-refractivity contribution in [3.63, 3.8) is 0 Å². The van der Waals surface area contributed by atoms with Gasteiger partial charge in [0, 0.05) is 23.9 Å². The zero-order chi connectivity index (χ0) is 16.2. The van der Waals surface area contributed by atoms with Crippen molar-refractivity contribution in [3.8, 4) is 11.5 Å². The Balaban J connectivity index is 2.18. The largest absolute Gasteiger partial charge is 0.507 e. The van der Waals surface area contributed by atoms with E-state index in [4.69, 9.17) is 4.74 Å². The van der Waals surface area contributed by atoms with Gasteiger partial charge in [-0.1, -0.05) is 40.0 Å². The molecule has 0 heterocycles. The molecule has 122 valence electrons. The number of phenols is 1. The second kappa shape index (κ2) is 7.17. The molecule has 0 bridgehead atoms. The summed E-state index contributed by atoms with van der Waals surface area (Å²) in [7, 11) is 1.65. The minimum Gasteiger partial charge on any atom is -0.507 e. The molecule has 1 N–H and O–H groups in total. The number of ether oxygens (including phenoxy) is 1. The predicted octanol–water partition coefficient (Wildman–Crippen LogP) is 4.70. The number of phenolic OH excluding ortho intramolecular Hbond substituents is 1. The quantitative estimate of drug-likeness (QED) is 0.819. The van der Waals surface area contributed by atoms with Gasteiger partial charge in [0.25, 0.3) is 0 Å². The summed E-state index contributed by atoms with van der Waals surface area (Å²) >= 11 is 0. The van der Waals surface area contributed by atoms with Crippen LogP contribution in [0.4, 0.5) is 0 Å². The van der Waals surface area contributed by atoms with Crippen LogP contribution in [0.15, 0.2) is 17.1 Å². The van der Waals surface area contributed by atoms with Gasteiger partial charge in [0.1, 0.15) is 11.5 Å². The van der Waals surface area contributed by atoms with Gasteiger partial charge in [-0.2, -0.15) is 0 Å². The topological polar surface area (TPSA) is 41.8 Å². The summed E-state index contributed by atoms with van der Waals surface area (Å²) in [6.07, 6.45) is 8.41. The summed E-state index contributed by atoms with van der Waals surface area (Å²) in [6, 6.07) is 3.77. The summed E-state index contributed by atoms with van der Waals surface area (Å²) < 4.78 is 5.37. The Morgan fingerprint density at radius 1 is 1.23 bits per heavy atom. The summed E-state index contributed by atoms with van der Waals surface area (Å²) in [5, 5.41) is 10.5. The molecule has 22 heavy (non-hydrogen) atoms. The smallest absolute Gasteiger partial charge is 0.128 e. The third-order valence-corrected chi connectivity index (χ3v) is 4.48. The maximum atomic E-state index is 10.5. The van der Waals surface area contributed by atoms with E-state index in [0.29, 0.717) is 11.7 Å². The molecule has 0 aliphatic heterocycles. The molecular formula is C19H29NO2. The molecule has 1 fully saturated rings. The number of methoxy groups -OCH3 is 1. The van der Waals surface area contributed by atoms with Crippen LogP contribution in [-0.2, 0) is 5.41 Å². The first-order valence-corrected chi connectivity index (χ1v) is 8.33. The van der Waals surface area contributed by atoms with Crippen LogP contribution in [0.5, 0.6) is 11.5 Å². The van der Waals surface area contributed by atoms with Crippen LogP contribution in [0.3, 0.4) is 0 Å². The van der Waals surface area contributed by atoms with Gasteiger partial charge in [-0.05, 0) is 36.3 Å². The maximum absolute atomic E-state index is 10.5. The fourth-order valence-electron chi connectivity index (χ4n) is 3.09. The van der Waals surface area contributed by atoms with E-state index in [9.17, 15) is 5.11 Å². The van der Waals surface area contributed by atoms with Gasteiger partial charge in [-0.3, -0.25) is 4.99 Å². The lowest BCUT2D eigenvalue weighted by Crippen LogP contribution is -2.12. The third kappa shape index (κ3) is 4.25. The second-order valence-corrected chi connectivity index (χ2v) is 7.36. The molecule has 0 unspecified atom stereocenters. The minimum absolute atomic E-state index is 0.134. The maximum Gasteiger partial charge on any atom is 0.128 e. The van der Waals surface area contributed by atoms with Gasteiger partial charge in [0.15, 0.2) is 0 Å². The van der Waals surface area contributed by atoms with E-state index in [-0.39, 0.29) is 5.41 Å². The first-order valence-electron chi connectivity index (χ1n) is 8.33. The number of hydrogen-bond donors (Lipinski definition) is 1. The monoisotopic (exact) mass is 303 g/mol. The van der Waals surface area contributed by atoms with Crippen molar-refractivity contribution in [2.75, 3.05) is 13.7 Å². The first kappa shape index (κ1) is 16.9. The average molecular weight is 303 g/mol. The predicted molar refractivity (Wildman–Crippen MR) is 92.4 cm³/mol. The number of aliphatic imine (C=N–C) groups is 1. The molecule has 1 aromatic carbocycles. The standard InChI is InChI=1S/C19H29NO2/c1-19(2,3)17-11-16(22-4)10-15(18(17)21)13-20-12-14-8-6-5-7-9-14/h10-11,13-14,21H,5-9,12H2,1-4H3. The molecule has 0 radical (unpaired) electrons. The van der Waals surface area contributed by atoms with E-state index in [2.05, 4.69) is 25.8 Å². The number of rotatable bonds is 4. The van der Waals surface area contributed by atoms with Crippen molar-refractivity contribution in [2.45, 2.75) is 58.3 Å². The number of hydrogen-bond acceptors (Lipinski definition) is 3. The Hall–Kier alpha value is -1.51. The molecule has 0 saturated heterocycles. The SMILES string of the molecule is COc1cc(C=NCC2CCCCC2)c(O)c(C(C)(C)C)c1. The summed E-state index contributed by atoms with van der Waals surface area (Å²) in [6.45, 7) is 7.13. The summed E-state index contributed by atoms with van der Waals surface area (Å²) in [5.74, 6) is 1.79. The Bertz CT molecular complexity index is 523. The zero-order valence-corrected chi connectivity index (χ0v) is 14.4. The molecule has 1 aliphatic carbocycles. The van der Waals surface area contributed by atoms with Gasteiger partial charge >= 0.3 is 0 Å². The lowest BCUT2D eigenvalue weighted by atomic mass is 9.85. The van der Waals surface area contributed by atoms with E-state index in [1.807, 2.05) is 18.3 Å². The Kier molecular flexibility index (Phi) is 5.49. The van der Waals surface area contributed by atoms with Gasteiger partial charge < -0.3 is 9.84 Å². The van der Waals surface area contributed by atoms with E-state index in [0.717, 1.165) is 23.4 Å². The molecule has 2 rings (SSSR count). The van der Waals surface area contributed by atoms with Crippen LogP contribution in [0, 0.1) is 5.92 Å². The Morgan fingerprint density at radius 2 is 1.91 bits per heavy atom. The molecule has 3 heteroatoms. The van der Waals surface area contributed by atoms with E-state index >= 15 is 0 Å². The normalized spacial score (nSPS) is 17.1. The zero-order valence-electron chi connectivity index (χ0n) is 14.4. The highest BCUT2D eigenvalue weighted by molar-refractivity contribution is 5.85. The molecule has 0 spiro atoms. The van der Waals surface area contributed by atoms with Crippen LogP contribution in [0.25, 0.3) is 0 Å².